The summed E-state index contributed by atoms with van der Waals surface area (Å²) in [4.78, 5) is 8.96. The number of methoxy groups -OCH3 is 1. The monoisotopic (exact) mass is 374 g/mol. The molecule has 0 saturated heterocycles. The molecule has 3 aromatic heterocycles. The molecule has 0 unspecified atom stereocenters. The number of hydrogen-bond acceptors (Lipinski definition) is 6. The maximum absolute atomic E-state index is 5.59. The van der Waals surface area contributed by atoms with E-state index in [9.17, 15) is 0 Å². The van der Waals surface area contributed by atoms with Gasteiger partial charge in [-0.15, -0.1) is 0 Å². The van der Waals surface area contributed by atoms with Crippen molar-refractivity contribution in [3.8, 4) is 5.88 Å². The molecular formula is C22H22N4O2. The molecule has 4 rings (SSSR count). The van der Waals surface area contributed by atoms with E-state index < -0.39 is 0 Å². The molecule has 6 nitrogen and oxygen atoms in total. The van der Waals surface area contributed by atoms with Crippen molar-refractivity contribution in [3.63, 3.8) is 0 Å². The largest absolute Gasteiger partial charge is 0.481 e. The van der Waals surface area contributed by atoms with E-state index in [4.69, 9.17) is 14.1 Å². The summed E-state index contributed by atoms with van der Waals surface area (Å²) in [7, 11) is 1.63. The third-order valence-electron chi connectivity index (χ3n) is 4.48. The molecule has 1 aromatic carbocycles. The number of anilines is 2. The van der Waals surface area contributed by atoms with Gasteiger partial charge in [0.15, 0.2) is 0 Å². The molecule has 2 N–H and O–H groups in total. The zero-order valence-corrected chi connectivity index (χ0v) is 15.9. The van der Waals surface area contributed by atoms with E-state index in [2.05, 4.69) is 21.7 Å². The minimum Gasteiger partial charge on any atom is -0.481 e. The van der Waals surface area contributed by atoms with E-state index in [0.717, 1.165) is 39.5 Å². The molecule has 0 fully saturated rings. The summed E-state index contributed by atoms with van der Waals surface area (Å²) in [6.45, 7) is 3.16. The van der Waals surface area contributed by atoms with E-state index >= 15 is 0 Å². The van der Waals surface area contributed by atoms with E-state index in [-0.39, 0.29) is 0 Å². The zero-order valence-electron chi connectivity index (χ0n) is 15.9. The van der Waals surface area contributed by atoms with Crippen LogP contribution in [0, 0.1) is 6.92 Å². The zero-order chi connectivity index (χ0) is 19.3. The molecule has 0 radical (unpaired) electrons. The maximum atomic E-state index is 5.59. The summed E-state index contributed by atoms with van der Waals surface area (Å²) < 4.78 is 10.9. The van der Waals surface area contributed by atoms with E-state index in [1.807, 2.05) is 55.5 Å². The minimum absolute atomic E-state index is 0.602. The van der Waals surface area contributed by atoms with Crippen molar-refractivity contribution < 1.29 is 9.15 Å². The molecule has 3 heterocycles. The van der Waals surface area contributed by atoms with Gasteiger partial charge in [-0.3, -0.25) is 0 Å². The minimum atomic E-state index is 0.602. The molecule has 142 valence electrons. The predicted molar refractivity (Wildman–Crippen MR) is 111 cm³/mol. The molecule has 0 amide bonds. The highest BCUT2D eigenvalue weighted by molar-refractivity contribution is 5.92. The molecule has 0 spiro atoms. The highest BCUT2D eigenvalue weighted by atomic mass is 16.5. The second-order valence-corrected chi connectivity index (χ2v) is 6.46. The first-order valence-corrected chi connectivity index (χ1v) is 9.13. The second kappa shape index (κ2) is 8.00. The van der Waals surface area contributed by atoms with Gasteiger partial charge in [0.2, 0.25) is 5.88 Å². The lowest BCUT2D eigenvalue weighted by Gasteiger charge is -2.12. The Morgan fingerprint density at radius 3 is 2.71 bits per heavy atom. The average molecular weight is 374 g/mol. The van der Waals surface area contributed by atoms with Crippen molar-refractivity contribution in [2.45, 2.75) is 20.0 Å². The van der Waals surface area contributed by atoms with Crippen molar-refractivity contribution in [2.75, 3.05) is 17.7 Å². The Balaban J connectivity index is 1.50. The Bertz CT molecular complexity index is 1090. The van der Waals surface area contributed by atoms with Gasteiger partial charge in [-0.1, -0.05) is 12.1 Å². The summed E-state index contributed by atoms with van der Waals surface area (Å²) in [5, 5.41) is 7.83. The molecule has 28 heavy (non-hydrogen) atoms. The van der Waals surface area contributed by atoms with Crippen molar-refractivity contribution in [2.24, 2.45) is 0 Å². The Hall–Kier alpha value is -3.54. The maximum Gasteiger partial charge on any atom is 0.218 e. The van der Waals surface area contributed by atoms with Gasteiger partial charge in [0.05, 0.1) is 19.2 Å². The number of benzene rings is 1. The van der Waals surface area contributed by atoms with Crippen LogP contribution in [0.2, 0.25) is 0 Å². The second-order valence-electron chi connectivity index (χ2n) is 6.46. The average Bonchev–Trinajstić information content (AvgIpc) is 3.15. The molecule has 0 aliphatic rings. The topological polar surface area (TPSA) is 72.2 Å². The fraction of sp³-hybridized carbons (Fsp3) is 0.182. The normalized spacial score (nSPS) is 10.8. The first-order valence-electron chi connectivity index (χ1n) is 9.13. The number of aromatic nitrogens is 2. The summed E-state index contributed by atoms with van der Waals surface area (Å²) in [5.41, 5.74) is 2.94. The van der Waals surface area contributed by atoms with Gasteiger partial charge in [-0.25, -0.2) is 9.97 Å². The number of hydrogen-bond donors (Lipinski definition) is 2. The van der Waals surface area contributed by atoms with Crippen LogP contribution in [0.3, 0.4) is 0 Å². The van der Waals surface area contributed by atoms with Crippen molar-refractivity contribution >= 4 is 22.4 Å². The van der Waals surface area contributed by atoms with Crippen LogP contribution in [0.4, 0.5) is 11.5 Å². The Morgan fingerprint density at radius 1 is 0.964 bits per heavy atom. The van der Waals surface area contributed by atoms with Crippen LogP contribution in [-0.4, -0.2) is 17.1 Å². The fourth-order valence-corrected chi connectivity index (χ4v) is 3.10. The van der Waals surface area contributed by atoms with Gasteiger partial charge < -0.3 is 19.8 Å². The van der Waals surface area contributed by atoms with Gasteiger partial charge in [0, 0.05) is 29.4 Å². The number of pyridine rings is 2. The number of furan rings is 1. The third kappa shape index (κ3) is 3.91. The number of aryl methyl sites for hydroxylation is 1. The molecule has 0 aliphatic heterocycles. The highest BCUT2D eigenvalue weighted by Crippen LogP contribution is 2.25. The fourth-order valence-electron chi connectivity index (χ4n) is 3.10. The van der Waals surface area contributed by atoms with Gasteiger partial charge in [0.1, 0.15) is 17.3 Å². The third-order valence-corrected chi connectivity index (χ3v) is 4.48. The highest BCUT2D eigenvalue weighted by Gasteiger charge is 2.07. The molecule has 0 saturated carbocycles. The lowest BCUT2D eigenvalue weighted by atomic mass is 10.1. The summed E-state index contributed by atoms with van der Waals surface area (Å²) >= 11 is 0. The number of nitrogens with zero attached hydrogens (tertiary/aromatic N) is 2. The first kappa shape index (κ1) is 17.9. The van der Waals surface area contributed by atoms with E-state index in [1.165, 1.54) is 0 Å². The van der Waals surface area contributed by atoms with Crippen LogP contribution in [0.1, 0.15) is 17.1 Å². The Labute approximate surface area is 163 Å². The molecule has 4 aromatic rings. The van der Waals surface area contributed by atoms with E-state index in [0.29, 0.717) is 19.0 Å². The van der Waals surface area contributed by atoms with E-state index in [1.54, 1.807) is 13.3 Å². The van der Waals surface area contributed by atoms with Gasteiger partial charge in [0.25, 0.3) is 0 Å². The summed E-state index contributed by atoms with van der Waals surface area (Å²) in [5.74, 6) is 3.24. The van der Waals surface area contributed by atoms with Gasteiger partial charge >= 0.3 is 0 Å². The Kier molecular flexibility index (Phi) is 5.10. The molecular weight excluding hydrogens is 352 g/mol. The van der Waals surface area contributed by atoms with Crippen LogP contribution < -0.4 is 15.4 Å². The van der Waals surface area contributed by atoms with Crippen LogP contribution in [0.25, 0.3) is 10.9 Å². The number of nitrogens with one attached hydrogen (secondary N) is 2. The molecule has 0 aliphatic carbocycles. The van der Waals surface area contributed by atoms with Gasteiger partial charge in [-0.2, -0.15) is 0 Å². The molecule has 0 atom stereocenters. The first-order chi connectivity index (χ1) is 13.7. The lowest BCUT2D eigenvalue weighted by molar-refractivity contribution is 0.393. The Morgan fingerprint density at radius 2 is 1.89 bits per heavy atom. The van der Waals surface area contributed by atoms with Crippen molar-refractivity contribution in [1.82, 2.24) is 9.97 Å². The van der Waals surface area contributed by atoms with Gasteiger partial charge in [-0.05, 0) is 49.4 Å². The lowest BCUT2D eigenvalue weighted by Crippen LogP contribution is -2.04. The van der Waals surface area contributed by atoms with Crippen molar-refractivity contribution in [3.05, 3.63) is 77.9 Å². The summed E-state index contributed by atoms with van der Waals surface area (Å²) in [6.07, 6.45) is 1.72. The predicted octanol–water partition coefficient (Wildman–Crippen LogP) is 4.76. The number of rotatable bonds is 7. The van der Waals surface area contributed by atoms with Crippen LogP contribution in [0.15, 0.2) is 65.2 Å². The smallest absolute Gasteiger partial charge is 0.218 e. The van der Waals surface area contributed by atoms with Crippen LogP contribution >= 0.6 is 0 Å². The number of fused-ring (bicyclic) bond motifs is 1. The SMILES string of the molecule is COc1ncccc1CNc1cccc2nc(NCc3ccc(C)o3)ccc12. The quantitative estimate of drug-likeness (QED) is 0.486. The molecule has 0 bridgehead atoms. The van der Waals surface area contributed by atoms with Crippen LogP contribution in [0.5, 0.6) is 5.88 Å². The standard InChI is InChI=1S/C22H22N4O2/c1-15-8-9-17(28-15)14-25-21-11-10-18-19(6-3-7-20(18)26-21)24-13-16-5-4-12-23-22(16)27-2/h3-12,24H,13-14H2,1-2H3,(H,25,26). The summed E-state index contributed by atoms with van der Waals surface area (Å²) in [6, 6.07) is 17.9. The van der Waals surface area contributed by atoms with Crippen molar-refractivity contribution in [1.29, 1.82) is 0 Å². The molecule has 6 heteroatoms. The van der Waals surface area contributed by atoms with Crippen LogP contribution in [-0.2, 0) is 13.1 Å². The number of ether oxygens (including phenoxy) is 1.